The number of nitrogens with zero attached hydrogens (tertiary/aromatic N) is 1. The van der Waals surface area contributed by atoms with E-state index < -0.39 is 11.9 Å². The molecule has 6 nitrogen and oxygen atoms in total. The van der Waals surface area contributed by atoms with Crippen molar-refractivity contribution in [2.75, 3.05) is 19.5 Å². The Morgan fingerprint density at radius 3 is 2.38 bits per heavy atom. The molecule has 2 N–H and O–H groups in total. The van der Waals surface area contributed by atoms with Crippen molar-refractivity contribution in [3.05, 3.63) is 66.5 Å². The summed E-state index contributed by atoms with van der Waals surface area (Å²) in [6.45, 7) is 0.557. The number of hydrogen-bond donors (Lipinski definition) is 2. The fourth-order valence-corrected chi connectivity index (χ4v) is 4.99. The minimum Gasteiger partial charge on any atom is -0.470 e. The van der Waals surface area contributed by atoms with Crippen LogP contribution in [0, 0.1) is 5.82 Å². The SMILES string of the molecule is CSc1ccc(-c2ccc(-c3nc4cc(O[C@@H]5COC6C5OC[C@H]6O)[nH]c4cc3F)cc2)cc1. The number of aromatic nitrogens is 2. The van der Waals surface area contributed by atoms with Crippen LogP contribution in [0.2, 0.25) is 0 Å². The molecule has 4 heterocycles. The Morgan fingerprint density at radius 2 is 1.65 bits per heavy atom. The fraction of sp³-hybridized carbons (Fsp3) is 0.269. The molecule has 0 spiro atoms. The van der Waals surface area contributed by atoms with Crippen LogP contribution in [0.1, 0.15) is 0 Å². The number of H-pyrrole nitrogens is 1. The minimum absolute atomic E-state index is 0.236. The lowest BCUT2D eigenvalue weighted by molar-refractivity contribution is 0.00794. The zero-order valence-electron chi connectivity index (χ0n) is 18.4. The number of halogens is 1. The average molecular weight is 479 g/mol. The first-order chi connectivity index (χ1) is 16.6. The van der Waals surface area contributed by atoms with Gasteiger partial charge in [-0.3, -0.25) is 0 Å². The lowest BCUT2D eigenvalue weighted by atomic mass is 10.0. The van der Waals surface area contributed by atoms with Crippen molar-refractivity contribution < 1.29 is 23.7 Å². The highest BCUT2D eigenvalue weighted by molar-refractivity contribution is 7.98. The quantitative estimate of drug-likeness (QED) is 0.406. The van der Waals surface area contributed by atoms with Crippen LogP contribution in [0.25, 0.3) is 33.4 Å². The molecule has 2 fully saturated rings. The zero-order chi connectivity index (χ0) is 23.2. The number of fused-ring (bicyclic) bond motifs is 2. The van der Waals surface area contributed by atoms with Gasteiger partial charge in [0.25, 0.3) is 0 Å². The van der Waals surface area contributed by atoms with E-state index in [4.69, 9.17) is 14.2 Å². The number of thioether (sulfide) groups is 1. The summed E-state index contributed by atoms with van der Waals surface area (Å²) in [6.07, 6.45) is 0.369. The molecule has 34 heavy (non-hydrogen) atoms. The third-order valence-corrected chi connectivity index (χ3v) is 7.12. The summed E-state index contributed by atoms with van der Waals surface area (Å²) in [4.78, 5) is 8.84. The molecule has 2 aromatic heterocycles. The molecular formula is C26H23FN2O4S. The normalized spacial score (nSPS) is 24.0. The van der Waals surface area contributed by atoms with Gasteiger partial charge in [-0.05, 0) is 29.5 Å². The maximum atomic E-state index is 15.0. The van der Waals surface area contributed by atoms with Crippen LogP contribution in [-0.2, 0) is 9.47 Å². The van der Waals surface area contributed by atoms with Crippen LogP contribution in [0.3, 0.4) is 0 Å². The van der Waals surface area contributed by atoms with Gasteiger partial charge < -0.3 is 24.3 Å². The van der Waals surface area contributed by atoms with E-state index in [1.54, 1.807) is 17.8 Å². The smallest absolute Gasteiger partial charge is 0.193 e. The van der Waals surface area contributed by atoms with E-state index in [1.165, 1.54) is 11.0 Å². The average Bonchev–Trinajstić information content (AvgIpc) is 3.55. The maximum Gasteiger partial charge on any atom is 0.193 e. The summed E-state index contributed by atoms with van der Waals surface area (Å²) < 4.78 is 32.2. The number of aliphatic hydroxyl groups is 1. The highest BCUT2D eigenvalue weighted by Gasteiger charge is 2.48. The van der Waals surface area contributed by atoms with E-state index in [2.05, 4.69) is 40.5 Å². The third kappa shape index (κ3) is 3.86. The molecule has 2 aromatic carbocycles. The van der Waals surface area contributed by atoms with Crippen molar-refractivity contribution >= 4 is 22.8 Å². The van der Waals surface area contributed by atoms with Gasteiger partial charge in [0.15, 0.2) is 17.8 Å². The molecule has 2 aliphatic heterocycles. The first-order valence-corrected chi connectivity index (χ1v) is 12.3. The summed E-state index contributed by atoms with van der Waals surface area (Å²) in [5, 5.41) is 9.90. The molecule has 0 aliphatic carbocycles. The maximum absolute atomic E-state index is 15.0. The molecular weight excluding hydrogens is 455 g/mol. The molecule has 0 saturated carbocycles. The van der Waals surface area contributed by atoms with Crippen molar-refractivity contribution in [2.24, 2.45) is 0 Å². The summed E-state index contributed by atoms with van der Waals surface area (Å²) >= 11 is 1.71. The number of aliphatic hydroxyl groups excluding tert-OH is 1. The largest absolute Gasteiger partial charge is 0.470 e. The van der Waals surface area contributed by atoms with E-state index >= 15 is 0 Å². The number of nitrogens with one attached hydrogen (secondary N) is 1. The predicted octanol–water partition coefficient (Wildman–Crippen LogP) is 4.66. The second-order valence-corrected chi connectivity index (χ2v) is 9.39. The predicted molar refractivity (Wildman–Crippen MR) is 129 cm³/mol. The number of hydrogen-bond acceptors (Lipinski definition) is 6. The van der Waals surface area contributed by atoms with Gasteiger partial charge in [-0.1, -0.05) is 36.4 Å². The monoisotopic (exact) mass is 478 g/mol. The van der Waals surface area contributed by atoms with Gasteiger partial charge in [0.1, 0.15) is 24.0 Å². The molecule has 0 bridgehead atoms. The number of aromatic amines is 1. The van der Waals surface area contributed by atoms with Crippen molar-refractivity contribution in [1.82, 2.24) is 9.97 Å². The molecule has 174 valence electrons. The van der Waals surface area contributed by atoms with E-state index in [1.807, 2.05) is 24.3 Å². The highest BCUT2D eigenvalue weighted by atomic mass is 32.2. The van der Waals surface area contributed by atoms with Gasteiger partial charge in [0.2, 0.25) is 0 Å². The van der Waals surface area contributed by atoms with Gasteiger partial charge in [-0.2, -0.15) is 0 Å². The third-order valence-electron chi connectivity index (χ3n) is 6.37. The number of pyridine rings is 1. The number of ether oxygens (including phenoxy) is 3. The van der Waals surface area contributed by atoms with E-state index in [-0.39, 0.29) is 30.6 Å². The second-order valence-electron chi connectivity index (χ2n) is 8.51. The first-order valence-electron chi connectivity index (χ1n) is 11.1. The van der Waals surface area contributed by atoms with E-state index in [0.29, 0.717) is 29.1 Å². The van der Waals surface area contributed by atoms with Crippen molar-refractivity contribution in [3.63, 3.8) is 0 Å². The Kier molecular flexibility index (Phi) is 5.53. The molecule has 2 unspecified atom stereocenters. The Bertz CT molecular complexity index is 1330. The van der Waals surface area contributed by atoms with E-state index in [9.17, 15) is 9.50 Å². The van der Waals surface area contributed by atoms with Crippen LogP contribution in [0.5, 0.6) is 5.88 Å². The Morgan fingerprint density at radius 1 is 0.971 bits per heavy atom. The molecule has 8 heteroatoms. The second kappa shape index (κ2) is 8.70. The summed E-state index contributed by atoms with van der Waals surface area (Å²) in [5.41, 5.74) is 4.31. The number of benzene rings is 2. The highest BCUT2D eigenvalue weighted by Crippen LogP contribution is 2.32. The Labute approximate surface area is 200 Å². The molecule has 2 saturated heterocycles. The van der Waals surface area contributed by atoms with Gasteiger partial charge >= 0.3 is 0 Å². The van der Waals surface area contributed by atoms with Crippen molar-refractivity contribution in [2.45, 2.75) is 29.3 Å². The van der Waals surface area contributed by atoms with E-state index in [0.717, 1.165) is 11.1 Å². The summed E-state index contributed by atoms with van der Waals surface area (Å²) in [5.74, 6) is 0.0480. The lowest BCUT2D eigenvalue weighted by Crippen LogP contribution is -2.34. The molecule has 6 rings (SSSR count). The Balaban J connectivity index is 1.24. The molecule has 4 aromatic rings. The van der Waals surface area contributed by atoms with Gasteiger partial charge in [-0.15, -0.1) is 11.8 Å². The zero-order valence-corrected chi connectivity index (χ0v) is 19.2. The fourth-order valence-electron chi connectivity index (χ4n) is 4.58. The van der Waals surface area contributed by atoms with Crippen LogP contribution < -0.4 is 4.74 Å². The number of rotatable bonds is 5. The molecule has 0 radical (unpaired) electrons. The Hall–Kier alpha value is -2.91. The standard InChI is InChI=1S/C26H23FN2O4S/c1-34-17-8-6-15(7-9-17)14-2-4-16(5-3-14)24-18(27)10-19-20(29-24)11-23(28-19)33-22-13-32-25-21(30)12-31-26(22)25/h2-11,21-22,25-26,28,30H,12-13H2,1H3/t21-,22-,25?,26?/m1/s1. The van der Waals surface area contributed by atoms with Gasteiger partial charge in [0, 0.05) is 22.6 Å². The molecule has 4 atom stereocenters. The minimum atomic E-state index is -0.638. The van der Waals surface area contributed by atoms with Crippen LogP contribution in [0.15, 0.2) is 65.6 Å². The topological polar surface area (TPSA) is 76.6 Å². The molecule has 0 amide bonds. The first kappa shape index (κ1) is 21.6. The summed E-state index contributed by atoms with van der Waals surface area (Å²) in [7, 11) is 0. The van der Waals surface area contributed by atoms with Crippen molar-refractivity contribution in [3.8, 4) is 28.3 Å². The van der Waals surface area contributed by atoms with Crippen LogP contribution in [-0.4, -0.2) is 59.0 Å². The van der Waals surface area contributed by atoms with Gasteiger partial charge in [-0.25, -0.2) is 9.37 Å². The summed E-state index contributed by atoms with van der Waals surface area (Å²) in [6, 6.07) is 19.3. The van der Waals surface area contributed by atoms with Crippen LogP contribution >= 0.6 is 11.8 Å². The molecule has 2 aliphatic rings. The van der Waals surface area contributed by atoms with Crippen LogP contribution in [0.4, 0.5) is 4.39 Å². The lowest BCUT2D eigenvalue weighted by Gasteiger charge is -2.16. The van der Waals surface area contributed by atoms with Crippen molar-refractivity contribution in [1.29, 1.82) is 0 Å². The van der Waals surface area contributed by atoms with Gasteiger partial charge in [0.05, 0.1) is 24.2 Å².